The molecule has 1 N–H and O–H groups in total. The standard InChI is InChI=1S/C15H24O2/c1-6-13-9-12(7-8-14(13)17-5)10-15(4,16)11(2)3/h7-9,11,16H,6,10H2,1-5H3. The van der Waals surface area contributed by atoms with Gasteiger partial charge in [-0.2, -0.15) is 0 Å². The zero-order valence-corrected chi connectivity index (χ0v) is 11.6. The predicted molar refractivity (Wildman–Crippen MR) is 71.5 cm³/mol. The molecular formula is C15H24O2. The third-order valence-corrected chi connectivity index (χ3v) is 3.53. The fraction of sp³-hybridized carbons (Fsp3) is 0.600. The molecule has 0 aliphatic carbocycles. The molecular weight excluding hydrogens is 212 g/mol. The van der Waals surface area contributed by atoms with Crippen LogP contribution in [0.4, 0.5) is 0 Å². The Kier molecular flexibility index (Phi) is 4.58. The van der Waals surface area contributed by atoms with Gasteiger partial charge in [0.1, 0.15) is 5.75 Å². The molecule has 0 bridgehead atoms. The first-order chi connectivity index (χ1) is 7.90. The Balaban J connectivity index is 2.93. The molecule has 1 unspecified atom stereocenters. The number of hydrogen-bond acceptors (Lipinski definition) is 2. The van der Waals surface area contributed by atoms with Crippen molar-refractivity contribution in [2.24, 2.45) is 5.92 Å². The Bertz CT molecular complexity index is 367. The van der Waals surface area contributed by atoms with Crippen LogP contribution in [0.3, 0.4) is 0 Å². The van der Waals surface area contributed by atoms with E-state index < -0.39 is 5.60 Å². The lowest BCUT2D eigenvalue weighted by molar-refractivity contribution is 0.0139. The van der Waals surface area contributed by atoms with E-state index >= 15 is 0 Å². The predicted octanol–water partition coefficient (Wildman–Crippen LogP) is 3.21. The summed E-state index contributed by atoms with van der Waals surface area (Å²) < 4.78 is 5.31. The highest BCUT2D eigenvalue weighted by Gasteiger charge is 2.25. The largest absolute Gasteiger partial charge is 0.496 e. The molecule has 0 aliphatic rings. The van der Waals surface area contributed by atoms with Crippen LogP contribution in [0.15, 0.2) is 18.2 Å². The maximum Gasteiger partial charge on any atom is 0.122 e. The smallest absolute Gasteiger partial charge is 0.122 e. The molecule has 0 saturated carbocycles. The third-order valence-electron chi connectivity index (χ3n) is 3.53. The van der Waals surface area contributed by atoms with Crippen molar-refractivity contribution < 1.29 is 9.84 Å². The molecule has 0 saturated heterocycles. The maximum atomic E-state index is 10.3. The van der Waals surface area contributed by atoms with Gasteiger partial charge in [0.2, 0.25) is 0 Å². The summed E-state index contributed by atoms with van der Waals surface area (Å²) in [5.41, 5.74) is 1.71. The molecule has 0 amide bonds. The molecule has 0 aromatic heterocycles. The maximum absolute atomic E-state index is 10.3. The summed E-state index contributed by atoms with van der Waals surface area (Å²) in [6, 6.07) is 6.16. The molecule has 1 atom stereocenters. The molecule has 1 aromatic carbocycles. The minimum atomic E-state index is -0.653. The molecule has 0 radical (unpaired) electrons. The Labute approximate surface area is 105 Å². The van der Waals surface area contributed by atoms with Gasteiger partial charge in [-0.1, -0.05) is 32.9 Å². The Morgan fingerprint density at radius 3 is 2.47 bits per heavy atom. The lowest BCUT2D eigenvalue weighted by Gasteiger charge is -2.28. The summed E-state index contributed by atoms with van der Waals surface area (Å²) in [5, 5.41) is 10.3. The van der Waals surface area contributed by atoms with Gasteiger partial charge in [0.25, 0.3) is 0 Å². The lowest BCUT2D eigenvalue weighted by atomic mass is 9.85. The van der Waals surface area contributed by atoms with Gasteiger partial charge < -0.3 is 9.84 Å². The van der Waals surface area contributed by atoms with Crippen LogP contribution < -0.4 is 4.74 Å². The van der Waals surface area contributed by atoms with Crippen LogP contribution in [0.1, 0.15) is 38.8 Å². The highest BCUT2D eigenvalue weighted by molar-refractivity contribution is 5.37. The third kappa shape index (κ3) is 3.47. The van der Waals surface area contributed by atoms with Gasteiger partial charge in [0.15, 0.2) is 0 Å². The quantitative estimate of drug-likeness (QED) is 0.850. The molecule has 2 heteroatoms. The van der Waals surface area contributed by atoms with E-state index in [1.54, 1.807) is 7.11 Å². The van der Waals surface area contributed by atoms with Gasteiger partial charge >= 0.3 is 0 Å². The zero-order valence-electron chi connectivity index (χ0n) is 11.6. The van der Waals surface area contributed by atoms with Crippen molar-refractivity contribution in [2.45, 2.75) is 46.1 Å². The van der Waals surface area contributed by atoms with E-state index in [9.17, 15) is 5.11 Å². The van der Waals surface area contributed by atoms with Gasteiger partial charge in [-0.15, -0.1) is 0 Å². The summed E-state index contributed by atoms with van der Waals surface area (Å²) in [4.78, 5) is 0. The first-order valence-electron chi connectivity index (χ1n) is 6.29. The normalized spacial score (nSPS) is 14.8. The number of methoxy groups -OCH3 is 1. The van der Waals surface area contributed by atoms with Crippen LogP contribution in [0.25, 0.3) is 0 Å². The van der Waals surface area contributed by atoms with Crippen LogP contribution >= 0.6 is 0 Å². The van der Waals surface area contributed by atoms with Gasteiger partial charge in [-0.25, -0.2) is 0 Å². The van der Waals surface area contributed by atoms with E-state index in [4.69, 9.17) is 4.74 Å². The Morgan fingerprint density at radius 1 is 1.35 bits per heavy atom. The number of hydrogen-bond donors (Lipinski definition) is 1. The monoisotopic (exact) mass is 236 g/mol. The highest BCUT2D eigenvalue weighted by atomic mass is 16.5. The van der Waals surface area contributed by atoms with E-state index in [1.807, 2.05) is 32.9 Å². The summed E-state index contributed by atoms with van der Waals surface area (Å²) in [6.45, 7) is 8.10. The summed E-state index contributed by atoms with van der Waals surface area (Å²) in [6.07, 6.45) is 1.63. The molecule has 0 aliphatic heterocycles. The van der Waals surface area contributed by atoms with Crippen LogP contribution in [0.5, 0.6) is 5.75 Å². The number of aliphatic hydroxyl groups is 1. The molecule has 0 fully saturated rings. The van der Waals surface area contributed by atoms with Crippen molar-refractivity contribution in [1.29, 1.82) is 0 Å². The van der Waals surface area contributed by atoms with Gasteiger partial charge in [0, 0.05) is 6.42 Å². The van der Waals surface area contributed by atoms with Gasteiger partial charge in [-0.3, -0.25) is 0 Å². The first kappa shape index (κ1) is 14.0. The van der Waals surface area contributed by atoms with Crippen molar-refractivity contribution >= 4 is 0 Å². The van der Waals surface area contributed by atoms with E-state index in [0.29, 0.717) is 6.42 Å². The fourth-order valence-electron chi connectivity index (χ4n) is 1.84. The number of benzene rings is 1. The Hall–Kier alpha value is -1.02. The van der Waals surface area contributed by atoms with Gasteiger partial charge in [0.05, 0.1) is 12.7 Å². The molecule has 1 aromatic rings. The lowest BCUT2D eigenvalue weighted by Crippen LogP contribution is -2.33. The molecule has 2 nitrogen and oxygen atoms in total. The van der Waals surface area contributed by atoms with Crippen molar-refractivity contribution in [2.75, 3.05) is 7.11 Å². The molecule has 0 spiro atoms. The fourth-order valence-corrected chi connectivity index (χ4v) is 1.84. The molecule has 0 heterocycles. The molecule has 17 heavy (non-hydrogen) atoms. The van der Waals surface area contributed by atoms with Crippen LogP contribution in [0.2, 0.25) is 0 Å². The van der Waals surface area contributed by atoms with Crippen molar-refractivity contribution in [3.05, 3.63) is 29.3 Å². The summed E-state index contributed by atoms with van der Waals surface area (Å²) >= 11 is 0. The van der Waals surface area contributed by atoms with Crippen molar-refractivity contribution in [3.8, 4) is 5.75 Å². The van der Waals surface area contributed by atoms with E-state index in [1.165, 1.54) is 11.1 Å². The number of ether oxygens (including phenoxy) is 1. The SMILES string of the molecule is CCc1cc(CC(C)(O)C(C)C)ccc1OC. The second-order valence-electron chi connectivity index (χ2n) is 5.19. The number of aryl methyl sites for hydroxylation is 1. The van der Waals surface area contributed by atoms with Crippen molar-refractivity contribution in [3.63, 3.8) is 0 Å². The van der Waals surface area contributed by atoms with Crippen molar-refractivity contribution in [1.82, 2.24) is 0 Å². The average molecular weight is 236 g/mol. The molecule has 1 rings (SSSR count). The number of rotatable bonds is 5. The minimum absolute atomic E-state index is 0.245. The first-order valence-corrected chi connectivity index (χ1v) is 6.29. The molecule has 96 valence electrons. The average Bonchev–Trinajstić information content (AvgIpc) is 2.28. The second kappa shape index (κ2) is 5.54. The van der Waals surface area contributed by atoms with Crippen LogP contribution in [-0.2, 0) is 12.8 Å². The highest BCUT2D eigenvalue weighted by Crippen LogP contribution is 2.25. The van der Waals surface area contributed by atoms with Crippen LogP contribution in [0, 0.1) is 5.92 Å². The van der Waals surface area contributed by atoms with Crippen LogP contribution in [-0.4, -0.2) is 17.8 Å². The Morgan fingerprint density at radius 2 is 2.00 bits per heavy atom. The van der Waals surface area contributed by atoms with Gasteiger partial charge in [-0.05, 0) is 36.5 Å². The second-order valence-corrected chi connectivity index (χ2v) is 5.19. The summed E-state index contributed by atoms with van der Waals surface area (Å²) in [5.74, 6) is 1.18. The summed E-state index contributed by atoms with van der Waals surface area (Å²) in [7, 11) is 1.69. The zero-order chi connectivity index (χ0) is 13.1. The minimum Gasteiger partial charge on any atom is -0.496 e. The van der Waals surface area contributed by atoms with E-state index in [2.05, 4.69) is 13.0 Å². The topological polar surface area (TPSA) is 29.5 Å². The van der Waals surface area contributed by atoms with E-state index in [0.717, 1.165) is 12.2 Å². The van der Waals surface area contributed by atoms with E-state index in [-0.39, 0.29) is 5.92 Å².